The summed E-state index contributed by atoms with van der Waals surface area (Å²) in [5, 5.41) is 10.7. The highest BCUT2D eigenvalue weighted by Crippen LogP contribution is 2.15. The Bertz CT molecular complexity index is 797. The van der Waals surface area contributed by atoms with Crippen molar-refractivity contribution in [2.45, 2.75) is 103 Å². The molecule has 0 aliphatic rings. The number of nitro groups is 1. The molecule has 4 nitrogen and oxygen atoms in total. The van der Waals surface area contributed by atoms with Crippen molar-refractivity contribution >= 4 is 17.8 Å². The average Bonchev–Trinajstić information content (AvgIpc) is 2.84. The van der Waals surface area contributed by atoms with E-state index < -0.39 is 0 Å². The van der Waals surface area contributed by atoms with Gasteiger partial charge in [0.25, 0.3) is 5.69 Å². The van der Waals surface area contributed by atoms with E-state index in [4.69, 9.17) is 0 Å². The molecule has 0 radical (unpaired) electrons. The molecule has 0 unspecified atom stereocenters. The number of hydrogen-bond donors (Lipinski definition) is 0. The lowest BCUT2D eigenvalue weighted by molar-refractivity contribution is -0.697. The molecule has 2 rings (SSSR count). The number of rotatable bonds is 18. The molecule has 0 spiro atoms. The van der Waals surface area contributed by atoms with Crippen LogP contribution in [0, 0.1) is 10.1 Å². The second-order valence-corrected chi connectivity index (χ2v) is 9.15. The fourth-order valence-electron chi connectivity index (χ4n) is 4.12. The van der Waals surface area contributed by atoms with Gasteiger partial charge in [0.1, 0.15) is 6.54 Å². The van der Waals surface area contributed by atoms with Crippen molar-refractivity contribution in [2.75, 3.05) is 0 Å². The molecule has 0 bridgehead atoms. The summed E-state index contributed by atoms with van der Waals surface area (Å²) in [7, 11) is 0. The second kappa shape index (κ2) is 17.0. The number of non-ortho nitro benzene ring substituents is 1. The summed E-state index contributed by atoms with van der Waals surface area (Å²) in [6, 6.07) is 10.8. The Labute approximate surface area is 200 Å². The largest absolute Gasteiger partial charge is 0.269 e. The zero-order chi connectivity index (χ0) is 23.6. The van der Waals surface area contributed by atoms with Crippen LogP contribution in [0.15, 0.2) is 48.8 Å². The van der Waals surface area contributed by atoms with Crippen LogP contribution in [0.3, 0.4) is 0 Å². The maximum atomic E-state index is 10.7. The van der Waals surface area contributed by atoms with Gasteiger partial charge in [0.2, 0.25) is 0 Å². The first-order valence-corrected chi connectivity index (χ1v) is 13.1. The van der Waals surface area contributed by atoms with Crippen molar-refractivity contribution in [2.24, 2.45) is 0 Å². The highest BCUT2D eigenvalue weighted by Gasteiger charge is 2.03. The number of nitro benzene ring substituents is 1. The predicted octanol–water partition coefficient (Wildman–Crippen LogP) is 8.53. The zero-order valence-electron chi connectivity index (χ0n) is 20.6. The smallest absolute Gasteiger partial charge is 0.258 e. The highest BCUT2D eigenvalue weighted by molar-refractivity contribution is 5.69. The summed E-state index contributed by atoms with van der Waals surface area (Å²) in [4.78, 5) is 10.4. The molecular formula is C29H43N2O2+. The third-order valence-electron chi connectivity index (χ3n) is 6.26. The molecule has 180 valence electrons. The fourth-order valence-corrected chi connectivity index (χ4v) is 4.12. The molecule has 1 aromatic heterocycles. The molecule has 0 saturated heterocycles. The van der Waals surface area contributed by atoms with E-state index in [-0.39, 0.29) is 10.6 Å². The summed E-state index contributed by atoms with van der Waals surface area (Å²) in [5.74, 6) is 0. The lowest BCUT2D eigenvalue weighted by Gasteiger charge is -2.03. The summed E-state index contributed by atoms with van der Waals surface area (Å²) in [6.07, 6.45) is 27.8. The SMILES string of the molecule is CCCCCCCCCCCCCCCC[n+]1ccc(/C=C/c2ccc([N+](=O)[O-])cc2)cc1. The Hall–Kier alpha value is -2.49. The molecule has 4 heteroatoms. The lowest BCUT2D eigenvalue weighted by atomic mass is 10.0. The van der Waals surface area contributed by atoms with Crippen molar-refractivity contribution in [3.63, 3.8) is 0 Å². The zero-order valence-corrected chi connectivity index (χ0v) is 20.6. The number of pyridine rings is 1. The molecular weight excluding hydrogens is 408 g/mol. The third-order valence-corrected chi connectivity index (χ3v) is 6.26. The minimum absolute atomic E-state index is 0.122. The van der Waals surface area contributed by atoms with Crippen LogP contribution < -0.4 is 4.57 Å². The Morgan fingerprint density at radius 3 is 1.55 bits per heavy atom. The van der Waals surface area contributed by atoms with Gasteiger partial charge in [-0.2, -0.15) is 0 Å². The van der Waals surface area contributed by atoms with Gasteiger partial charge in [-0.1, -0.05) is 96.1 Å². The number of unbranched alkanes of at least 4 members (excludes halogenated alkanes) is 13. The van der Waals surface area contributed by atoms with E-state index >= 15 is 0 Å². The van der Waals surface area contributed by atoms with Crippen LogP contribution in [0.4, 0.5) is 5.69 Å². The summed E-state index contributed by atoms with van der Waals surface area (Å²) >= 11 is 0. The van der Waals surface area contributed by atoms with Crippen molar-refractivity contribution in [1.29, 1.82) is 0 Å². The number of aryl methyl sites for hydroxylation is 1. The summed E-state index contributed by atoms with van der Waals surface area (Å²) in [6.45, 7) is 3.36. The van der Waals surface area contributed by atoms with Crippen molar-refractivity contribution in [1.82, 2.24) is 0 Å². The van der Waals surface area contributed by atoms with Gasteiger partial charge in [-0.15, -0.1) is 0 Å². The molecule has 0 amide bonds. The standard InChI is InChI=1S/C29H43N2O2/c1-2-3-4-5-6-7-8-9-10-11-12-13-14-15-24-30-25-22-28(23-26-30)17-16-27-18-20-29(21-19-27)31(32)33/h16-23,25-26H,2-15,24H2,1H3/q+1/b17-16+. The molecule has 0 atom stereocenters. The molecule has 1 heterocycles. The van der Waals surface area contributed by atoms with Crippen LogP contribution in [0.1, 0.15) is 108 Å². The summed E-state index contributed by atoms with van der Waals surface area (Å²) < 4.78 is 2.25. The maximum Gasteiger partial charge on any atom is 0.269 e. The Morgan fingerprint density at radius 2 is 1.09 bits per heavy atom. The van der Waals surface area contributed by atoms with Crippen molar-refractivity contribution in [3.05, 3.63) is 70.0 Å². The lowest BCUT2D eigenvalue weighted by Crippen LogP contribution is -2.32. The maximum absolute atomic E-state index is 10.7. The minimum atomic E-state index is -0.374. The fraction of sp³-hybridized carbons (Fsp3) is 0.552. The van der Waals surface area contributed by atoms with Crippen LogP contribution in [0.2, 0.25) is 0 Å². The monoisotopic (exact) mass is 451 g/mol. The van der Waals surface area contributed by atoms with Gasteiger partial charge < -0.3 is 0 Å². The van der Waals surface area contributed by atoms with E-state index in [9.17, 15) is 10.1 Å². The normalized spacial score (nSPS) is 11.3. The molecule has 0 saturated carbocycles. The van der Waals surface area contributed by atoms with E-state index in [0.29, 0.717) is 0 Å². The van der Waals surface area contributed by atoms with Crippen LogP contribution in [-0.2, 0) is 6.54 Å². The number of nitrogens with zero attached hydrogens (tertiary/aromatic N) is 2. The molecule has 33 heavy (non-hydrogen) atoms. The van der Waals surface area contributed by atoms with Gasteiger partial charge >= 0.3 is 0 Å². The van der Waals surface area contributed by atoms with Gasteiger partial charge in [-0.05, 0) is 29.7 Å². The molecule has 0 aliphatic carbocycles. The quantitative estimate of drug-likeness (QED) is 0.0986. The summed E-state index contributed by atoms with van der Waals surface area (Å²) in [5.41, 5.74) is 2.21. The topological polar surface area (TPSA) is 47.0 Å². The van der Waals surface area contributed by atoms with Gasteiger partial charge in [0, 0.05) is 30.7 Å². The van der Waals surface area contributed by atoms with Crippen LogP contribution >= 0.6 is 0 Å². The Balaban J connectivity index is 1.49. The van der Waals surface area contributed by atoms with Crippen LogP contribution in [0.25, 0.3) is 12.2 Å². The van der Waals surface area contributed by atoms with Gasteiger partial charge in [-0.25, -0.2) is 4.57 Å². The first-order valence-electron chi connectivity index (χ1n) is 13.1. The van der Waals surface area contributed by atoms with E-state index in [2.05, 4.69) is 36.0 Å². The Kier molecular flexibility index (Phi) is 13.8. The second-order valence-electron chi connectivity index (χ2n) is 9.15. The van der Waals surface area contributed by atoms with E-state index in [1.54, 1.807) is 12.1 Å². The van der Waals surface area contributed by atoms with E-state index in [1.165, 1.54) is 102 Å². The minimum Gasteiger partial charge on any atom is -0.258 e. The molecule has 0 fully saturated rings. The predicted molar refractivity (Wildman–Crippen MR) is 139 cm³/mol. The first kappa shape index (κ1) is 26.8. The molecule has 0 aliphatic heterocycles. The molecule has 1 aromatic carbocycles. The van der Waals surface area contributed by atoms with Gasteiger partial charge in [-0.3, -0.25) is 10.1 Å². The van der Waals surface area contributed by atoms with Crippen LogP contribution in [0.5, 0.6) is 0 Å². The highest BCUT2D eigenvalue weighted by atomic mass is 16.6. The Morgan fingerprint density at radius 1 is 0.667 bits per heavy atom. The van der Waals surface area contributed by atoms with Crippen molar-refractivity contribution < 1.29 is 9.49 Å². The van der Waals surface area contributed by atoms with E-state index in [1.807, 2.05) is 12.2 Å². The molecule has 2 aromatic rings. The van der Waals surface area contributed by atoms with Crippen LogP contribution in [-0.4, -0.2) is 4.92 Å². The number of benzene rings is 1. The first-order chi connectivity index (χ1) is 16.2. The average molecular weight is 452 g/mol. The number of hydrogen-bond acceptors (Lipinski definition) is 2. The van der Waals surface area contributed by atoms with Crippen molar-refractivity contribution in [3.8, 4) is 0 Å². The molecule has 0 N–H and O–H groups in total. The van der Waals surface area contributed by atoms with E-state index in [0.717, 1.165) is 17.7 Å². The number of aromatic nitrogens is 1. The van der Waals surface area contributed by atoms with Gasteiger partial charge in [0.15, 0.2) is 12.4 Å². The van der Waals surface area contributed by atoms with Gasteiger partial charge in [0.05, 0.1) is 4.92 Å². The third kappa shape index (κ3) is 12.4.